The summed E-state index contributed by atoms with van der Waals surface area (Å²) < 4.78 is 1.67. The summed E-state index contributed by atoms with van der Waals surface area (Å²) in [6, 6.07) is 5.47. The Morgan fingerprint density at radius 1 is 1.42 bits per heavy atom. The molecule has 2 aromatic heterocycles. The molecule has 0 aliphatic rings. The SMILES string of the molecule is CNCCCC(=O)Nc1ccc(-n2cccn2)nc1. The number of aromatic nitrogens is 3. The van der Waals surface area contributed by atoms with Gasteiger partial charge in [0.2, 0.25) is 5.91 Å². The first kappa shape index (κ1) is 13.2. The second-order valence-electron chi connectivity index (χ2n) is 4.11. The molecule has 0 radical (unpaired) electrons. The van der Waals surface area contributed by atoms with Crippen LogP contribution in [0.15, 0.2) is 36.8 Å². The number of carbonyl (C=O) groups is 1. The first-order chi connectivity index (χ1) is 9.29. The standard InChI is InChI=1S/C13H17N5O/c1-14-7-2-4-13(19)17-11-5-6-12(15-10-11)18-9-3-8-16-18/h3,5-6,8-10,14H,2,4,7H2,1H3,(H,17,19). The first-order valence-corrected chi connectivity index (χ1v) is 6.20. The molecular formula is C13H17N5O. The van der Waals surface area contributed by atoms with Gasteiger partial charge in [0.25, 0.3) is 0 Å². The summed E-state index contributed by atoms with van der Waals surface area (Å²) in [7, 11) is 1.87. The van der Waals surface area contributed by atoms with Gasteiger partial charge in [-0.2, -0.15) is 5.10 Å². The lowest BCUT2D eigenvalue weighted by Gasteiger charge is -2.06. The van der Waals surface area contributed by atoms with Crippen molar-refractivity contribution in [1.82, 2.24) is 20.1 Å². The molecule has 0 atom stereocenters. The number of amides is 1. The van der Waals surface area contributed by atoms with Gasteiger partial charge in [-0.3, -0.25) is 4.79 Å². The van der Waals surface area contributed by atoms with Crippen LogP contribution in [0.2, 0.25) is 0 Å². The minimum absolute atomic E-state index is 0.00360. The Morgan fingerprint density at radius 2 is 2.32 bits per heavy atom. The van der Waals surface area contributed by atoms with Crippen molar-refractivity contribution in [3.8, 4) is 5.82 Å². The van der Waals surface area contributed by atoms with Crippen LogP contribution in [0.3, 0.4) is 0 Å². The molecule has 0 saturated heterocycles. The van der Waals surface area contributed by atoms with Gasteiger partial charge in [-0.05, 0) is 38.2 Å². The fourth-order valence-electron chi connectivity index (χ4n) is 1.65. The molecule has 0 aliphatic carbocycles. The number of pyridine rings is 1. The summed E-state index contributed by atoms with van der Waals surface area (Å²) in [4.78, 5) is 15.9. The van der Waals surface area contributed by atoms with E-state index in [1.54, 1.807) is 17.1 Å². The van der Waals surface area contributed by atoms with Crippen LogP contribution >= 0.6 is 0 Å². The van der Waals surface area contributed by atoms with Gasteiger partial charge in [-0.1, -0.05) is 0 Å². The zero-order valence-corrected chi connectivity index (χ0v) is 10.8. The molecule has 2 N–H and O–H groups in total. The third kappa shape index (κ3) is 3.89. The minimum Gasteiger partial charge on any atom is -0.325 e. The van der Waals surface area contributed by atoms with Crippen LogP contribution in [0.25, 0.3) is 5.82 Å². The Bertz CT molecular complexity index is 506. The van der Waals surface area contributed by atoms with Crippen LogP contribution in [-0.2, 0) is 4.79 Å². The van der Waals surface area contributed by atoms with E-state index in [2.05, 4.69) is 20.7 Å². The highest BCUT2D eigenvalue weighted by Crippen LogP contribution is 2.09. The van der Waals surface area contributed by atoms with E-state index < -0.39 is 0 Å². The molecule has 0 spiro atoms. The summed E-state index contributed by atoms with van der Waals surface area (Å²) >= 11 is 0. The van der Waals surface area contributed by atoms with Gasteiger partial charge in [0.1, 0.15) is 0 Å². The number of hydrogen-bond acceptors (Lipinski definition) is 4. The summed E-state index contributed by atoms with van der Waals surface area (Å²) in [6.07, 6.45) is 6.47. The van der Waals surface area contributed by atoms with Crippen LogP contribution in [0.4, 0.5) is 5.69 Å². The van der Waals surface area contributed by atoms with E-state index in [0.29, 0.717) is 12.1 Å². The molecule has 2 aromatic rings. The van der Waals surface area contributed by atoms with Crippen molar-refractivity contribution in [2.24, 2.45) is 0 Å². The summed E-state index contributed by atoms with van der Waals surface area (Å²) in [5.41, 5.74) is 0.699. The lowest BCUT2D eigenvalue weighted by atomic mass is 10.3. The fourth-order valence-corrected chi connectivity index (χ4v) is 1.65. The summed E-state index contributed by atoms with van der Waals surface area (Å²) in [6.45, 7) is 0.837. The van der Waals surface area contributed by atoms with Gasteiger partial charge in [-0.15, -0.1) is 0 Å². The van der Waals surface area contributed by atoms with E-state index in [9.17, 15) is 4.79 Å². The van der Waals surface area contributed by atoms with Crippen LogP contribution in [-0.4, -0.2) is 34.3 Å². The Labute approximate surface area is 111 Å². The minimum atomic E-state index is 0.00360. The van der Waals surface area contributed by atoms with E-state index in [1.165, 1.54) is 0 Å². The smallest absolute Gasteiger partial charge is 0.224 e. The zero-order chi connectivity index (χ0) is 13.5. The molecule has 0 unspecified atom stereocenters. The van der Waals surface area contributed by atoms with Gasteiger partial charge in [0, 0.05) is 18.8 Å². The second-order valence-corrected chi connectivity index (χ2v) is 4.11. The molecule has 2 rings (SSSR count). The van der Waals surface area contributed by atoms with Crippen molar-refractivity contribution in [2.75, 3.05) is 18.9 Å². The van der Waals surface area contributed by atoms with Gasteiger partial charge < -0.3 is 10.6 Å². The van der Waals surface area contributed by atoms with Crippen molar-refractivity contribution >= 4 is 11.6 Å². The average molecular weight is 259 g/mol. The number of rotatable bonds is 6. The molecule has 6 nitrogen and oxygen atoms in total. The quantitative estimate of drug-likeness (QED) is 0.765. The molecule has 0 aliphatic heterocycles. The van der Waals surface area contributed by atoms with E-state index in [-0.39, 0.29) is 5.91 Å². The molecule has 0 fully saturated rings. The van der Waals surface area contributed by atoms with Crippen LogP contribution in [0, 0.1) is 0 Å². The molecule has 2 heterocycles. The number of hydrogen-bond donors (Lipinski definition) is 2. The maximum absolute atomic E-state index is 11.6. The number of nitrogens with one attached hydrogen (secondary N) is 2. The number of anilines is 1. The van der Waals surface area contributed by atoms with Crippen molar-refractivity contribution in [1.29, 1.82) is 0 Å². The van der Waals surface area contributed by atoms with Gasteiger partial charge in [-0.25, -0.2) is 9.67 Å². The number of nitrogens with zero attached hydrogens (tertiary/aromatic N) is 3. The van der Waals surface area contributed by atoms with E-state index in [1.807, 2.05) is 31.4 Å². The lowest BCUT2D eigenvalue weighted by Crippen LogP contribution is -2.15. The van der Waals surface area contributed by atoms with Crippen LogP contribution in [0.5, 0.6) is 0 Å². The Balaban J connectivity index is 1.90. The van der Waals surface area contributed by atoms with Crippen molar-refractivity contribution in [3.63, 3.8) is 0 Å². The molecule has 0 aromatic carbocycles. The van der Waals surface area contributed by atoms with E-state index in [0.717, 1.165) is 18.8 Å². The Morgan fingerprint density at radius 3 is 2.95 bits per heavy atom. The van der Waals surface area contributed by atoms with Gasteiger partial charge in [0.15, 0.2) is 5.82 Å². The summed E-state index contributed by atoms with van der Waals surface area (Å²) in [5, 5.41) is 9.91. The van der Waals surface area contributed by atoms with Gasteiger partial charge >= 0.3 is 0 Å². The van der Waals surface area contributed by atoms with E-state index >= 15 is 0 Å². The monoisotopic (exact) mass is 259 g/mol. The third-order valence-electron chi connectivity index (χ3n) is 2.60. The maximum atomic E-state index is 11.6. The predicted molar refractivity (Wildman–Crippen MR) is 73.1 cm³/mol. The lowest BCUT2D eigenvalue weighted by molar-refractivity contribution is -0.116. The number of carbonyl (C=O) groups excluding carboxylic acids is 1. The van der Waals surface area contributed by atoms with Crippen molar-refractivity contribution < 1.29 is 4.79 Å². The van der Waals surface area contributed by atoms with Crippen molar-refractivity contribution in [2.45, 2.75) is 12.8 Å². The Kier molecular flexibility index (Phi) is 4.63. The van der Waals surface area contributed by atoms with Crippen LogP contribution in [0.1, 0.15) is 12.8 Å². The molecule has 0 saturated carbocycles. The van der Waals surface area contributed by atoms with Crippen molar-refractivity contribution in [3.05, 3.63) is 36.8 Å². The maximum Gasteiger partial charge on any atom is 0.224 e. The average Bonchev–Trinajstić information content (AvgIpc) is 2.94. The Hall–Kier alpha value is -2.21. The molecular weight excluding hydrogens is 242 g/mol. The zero-order valence-electron chi connectivity index (χ0n) is 10.8. The van der Waals surface area contributed by atoms with E-state index in [4.69, 9.17) is 0 Å². The molecule has 1 amide bonds. The highest BCUT2D eigenvalue weighted by Gasteiger charge is 2.03. The van der Waals surface area contributed by atoms with Gasteiger partial charge in [0.05, 0.1) is 11.9 Å². The normalized spacial score (nSPS) is 10.4. The molecule has 100 valence electrons. The fraction of sp³-hybridized carbons (Fsp3) is 0.308. The highest BCUT2D eigenvalue weighted by atomic mass is 16.1. The molecule has 19 heavy (non-hydrogen) atoms. The molecule has 6 heteroatoms. The second kappa shape index (κ2) is 6.65. The predicted octanol–water partition coefficient (Wildman–Crippen LogP) is 1.21. The highest BCUT2D eigenvalue weighted by molar-refractivity contribution is 5.90. The first-order valence-electron chi connectivity index (χ1n) is 6.20. The van der Waals surface area contributed by atoms with Crippen LogP contribution < -0.4 is 10.6 Å². The molecule has 0 bridgehead atoms. The third-order valence-corrected chi connectivity index (χ3v) is 2.60. The largest absolute Gasteiger partial charge is 0.325 e. The topological polar surface area (TPSA) is 71.8 Å². The summed E-state index contributed by atoms with van der Waals surface area (Å²) in [5.74, 6) is 0.724.